The number of para-hydroxylation sites is 2. The smallest absolute Gasteiger partial charge is 0.214 e. The molecule has 0 spiro atoms. The Morgan fingerprint density at radius 2 is 1.89 bits per heavy atom. The van der Waals surface area contributed by atoms with Crippen LogP contribution >= 0.6 is 24.0 Å². The van der Waals surface area contributed by atoms with E-state index in [0.717, 1.165) is 37.8 Å². The number of rotatable bonds is 4. The number of aromatic hydroxyl groups is 1. The largest absolute Gasteiger partial charge is 0.506 e. The summed E-state index contributed by atoms with van der Waals surface area (Å²) in [6, 6.07) is 7.37. The number of guanidine groups is 1. The zero-order valence-electron chi connectivity index (χ0n) is 15.5. The van der Waals surface area contributed by atoms with Crippen LogP contribution in [0.4, 0.5) is 5.69 Å². The Balaban J connectivity index is 0.00000261. The number of piperazine rings is 1. The van der Waals surface area contributed by atoms with Gasteiger partial charge in [-0.15, -0.1) is 24.0 Å². The third-order valence-corrected chi connectivity index (χ3v) is 6.82. The minimum absolute atomic E-state index is 0. The minimum Gasteiger partial charge on any atom is -0.506 e. The number of hydrogen-bond acceptors (Lipinski definition) is 5. The summed E-state index contributed by atoms with van der Waals surface area (Å²) in [5.74, 6) is 1.35. The van der Waals surface area contributed by atoms with Crippen molar-refractivity contribution in [2.24, 2.45) is 4.99 Å². The molecular weight excluding hydrogens is 481 g/mol. The van der Waals surface area contributed by atoms with Crippen molar-refractivity contribution >= 4 is 45.6 Å². The number of phenols is 1. The van der Waals surface area contributed by atoms with Crippen molar-refractivity contribution in [2.75, 3.05) is 63.5 Å². The highest BCUT2D eigenvalue weighted by Crippen LogP contribution is 2.27. The first-order chi connectivity index (χ1) is 12.5. The summed E-state index contributed by atoms with van der Waals surface area (Å²) >= 11 is 0. The fourth-order valence-corrected chi connectivity index (χ4v) is 4.99. The van der Waals surface area contributed by atoms with Crippen molar-refractivity contribution in [3.05, 3.63) is 24.3 Å². The topological polar surface area (TPSA) is 88.5 Å². The van der Waals surface area contributed by atoms with Gasteiger partial charge in [0.25, 0.3) is 0 Å². The normalized spacial score (nSPS) is 20.4. The molecule has 0 atom stereocenters. The molecule has 8 nitrogen and oxygen atoms in total. The number of anilines is 1. The van der Waals surface area contributed by atoms with Crippen molar-refractivity contribution in [3.63, 3.8) is 0 Å². The molecule has 0 aromatic heterocycles. The lowest BCUT2D eigenvalue weighted by Crippen LogP contribution is -2.53. The predicted octanol–water partition coefficient (Wildman–Crippen LogP) is 0.743. The van der Waals surface area contributed by atoms with Gasteiger partial charge in [-0.1, -0.05) is 12.1 Å². The highest BCUT2D eigenvalue weighted by atomic mass is 127. The summed E-state index contributed by atoms with van der Waals surface area (Å²) in [7, 11) is -1.31. The van der Waals surface area contributed by atoms with Gasteiger partial charge in [0.05, 0.1) is 11.4 Å². The van der Waals surface area contributed by atoms with E-state index in [1.807, 2.05) is 18.2 Å². The van der Waals surface area contributed by atoms with Gasteiger partial charge in [-0.2, -0.15) is 0 Å². The molecule has 2 N–H and O–H groups in total. The Kier molecular flexibility index (Phi) is 7.98. The molecule has 0 radical (unpaired) electrons. The number of benzene rings is 1. The van der Waals surface area contributed by atoms with Crippen LogP contribution in [0.15, 0.2) is 29.3 Å². The van der Waals surface area contributed by atoms with Crippen LogP contribution in [0, 0.1) is 0 Å². The van der Waals surface area contributed by atoms with Gasteiger partial charge in [0.2, 0.25) is 10.0 Å². The third kappa shape index (κ3) is 5.38. The number of nitrogens with one attached hydrogen (secondary N) is 1. The summed E-state index contributed by atoms with van der Waals surface area (Å²) in [5.41, 5.74) is 0.856. The van der Waals surface area contributed by atoms with E-state index < -0.39 is 10.0 Å². The number of aliphatic imine (C=N–C) groups is 1. The summed E-state index contributed by atoms with van der Waals surface area (Å²) in [6.45, 7) is 4.79. The molecule has 2 saturated heterocycles. The summed E-state index contributed by atoms with van der Waals surface area (Å²) in [4.78, 5) is 8.65. The van der Waals surface area contributed by atoms with Crippen molar-refractivity contribution < 1.29 is 13.5 Å². The van der Waals surface area contributed by atoms with Gasteiger partial charge in [0, 0.05) is 52.9 Å². The Labute approximate surface area is 178 Å². The fourth-order valence-electron chi connectivity index (χ4n) is 3.46. The van der Waals surface area contributed by atoms with Crippen molar-refractivity contribution in [1.29, 1.82) is 0 Å². The van der Waals surface area contributed by atoms with Crippen LogP contribution in [-0.4, -0.2) is 87.3 Å². The molecule has 0 unspecified atom stereocenters. The van der Waals surface area contributed by atoms with Crippen LogP contribution in [0.3, 0.4) is 0 Å². The molecule has 27 heavy (non-hydrogen) atoms. The maximum atomic E-state index is 11.8. The van der Waals surface area contributed by atoms with Crippen LogP contribution in [0.25, 0.3) is 0 Å². The van der Waals surface area contributed by atoms with Crippen LogP contribution in [0.2, 0.25) is 0 Å². The molecule has 1 aromatic carbocycles. The van der Waals surface area contributed by atoms with E-state index in [1.54, 1.807) is 17.4 Å². The maximum absolute atomic E-state index is 11.8. The second-order valence-electron chi connectivity index (χ2n) is 6.51. The van der Waals surface area contributed by atoms with Gasteiger partial charge in [-0.05, 0) is 18.6 Å². The lowest BCUT2D eigenvalue weighted by atomic mass is 10.2. The molecule has 0 aliphatic carbocycles. The Morgan fingerprint density at radius 1 is 1.19 bits per heavy atom. The number of phenolic OH excluding ortho intramolecular Hbond substituents is 1. The zero-order chi connectivity index (χ0) is 18.6. The SMILES string of the molecule is CN=C(NCCN1CCCS1(=O)=O)N1CCN(c2ccccc2O)CC1.I. The molecule has 2 fully saturated rings. The first-order valence-electron chi connectivity index (χ1n) is 8.97. The molecular formula is C17H28IN5O3S. The second kappa shape index (κ2) is 9.78. The molecule has 0 bridgehead atoms. The molecule has 2 aliphatic heterocycles. The van der Waals surface area contributed by atoms with Crippen LogP contribution < -0.4 is 10.2 Å². The molecule has 3 rings (SSSR count). The molecule has 1 aromatic rings. The highest BCUT2D eigenvalue weighted by molar-refractivity contribution is 14.0. The number of sulfonamides is 1. The first kappa shape index (κ1) is 22.0. The average Bonchev–Trinajstić information content (AvgIpc) is 2.98. The van der Waals surface area contributed by atoms with Gasteiger partial charge in [0.1, 0.15) is 5.75 Å². The Morgan fingerprint density at radius 3 is 2.48 bits per heavy atom. The van der Waals surface area contributed by atoms with Gasteiger partial charge in [0.15, 0.2) is 5.96 Å². The molecule has 152 valence electrons. The highest BCUT2D eigenvalue weighted by Gasteiger charge is 2.28. The summed E-state index contributed by atoms with van der Waals surface area (Å²) in [6.07, 6.45) is 0.714. The Hall–Kier alpha value is -1.27. The molecule has 2 heterocycles. The summed E-state index contributed by atoms with van der Waals surface area (Å²) in [5, 5.41) is 13.3. The van der Waals surface area contributed by atoms with Crippen molar-refractivity contribution in [2.45, 2.75) is 6.42 Å². The van der Waals surface area contributed by atoms with Crippen LogP contribution in [0.5, 0.6) is 5.75 Å². The number of nitrogens with zero attached hydrogens (tertiary/aromatic N) is 4. The van der Waals surface area contributed by atoms with E-state index in [1.165, 1.54) is 0 Å². The maximum Gasteiger partial charge on any atom is 0.214 e. The average molecular weight is 509 g/mol. The molecule has 10 heteroatoms. The summed E-state index contributed by atoms with van der Waals surface area (Å²) < 4.78 is 25.2. The second-order valence-corrected chi connectivity index (χ2v) is 8.59. The van der Waals surface area contributed by atoms with Gasteiger partial charge in [-0.25, -0.2) is 12.7 Å². The quantitative estimate of drug-likeness (QED) is 0.354. The van der Waals surface area contributed by atoms with Crippen molar-refractivity contribution in [1.82, 2.24) is 14.5 Å². The van der Waals surface area contributed by atoms with E-state index in [4.69, 9.17) is 0 Å². The van der Waals surface area contributed by atoms with Crippen molar-refractivity contribution in [3.8, 4) is 5.75 Å². The molecule has 0 saturated carbocycles. The van der Waals surface area contributed by atoms with Crippen LogP contribution in [0.1, 0.15) is 6.42 Å². The van der Waals surface area contributed by atoms with E-state index in [9.17, 15) is 13.5 Å². The van der Waals surface area contributed by atoms with Crippen LogP contribution in [-0.2, 0) is 10.0 Å². The lowest BCUT2D eigenvalue weighted by Gasteiger charge is -2.38. The standard InChI is InChI=1S/C17H27N5O3S.HI/c1-18-17(19-7-9-22-8-4-14-26(22,24)25)21-12-10-20(11-13-21)15-5-2-3-6-16(15)23;/h2-3,5-6,23H,4,7-14H2,1H3,(H,18,19);1H. The van der Waals surface area contributed by atoms with E-state index in [-0.39, 0.29) is 29.7 Å². The number of hydrogen-bond donors (Lipinski definition) is 2. The minimum atomic E-state index is -3.05. The Bertz CT molecular complexity index is 751. The predicted molar refractivity (Wildman–Crippen MR) is 119 cm³/mol. The molecule has 2 aliphatic rings. The van der Waals surface area contributed by atoms with Gasteiger partial charge >= 0.3 is 0 Å². The van der Waals surface area contributed by atoms with Gasteiger partial charge in [-0.3, -0.25) is 4.99 Å². The monoisotopic (exact) mass is 509 g/mol. The van der Waals surface area contributed by atoms with E-state index in [2.05, 4.69) is 20.1 Å². The first-order valence-corrected chi connectivity index (χ1v) is 10.6. The fraction of sp³-hybridized carbons (Fsp3) is 0.588. The zero-order valence-corrected chi connectivity index (χ0v) is 18.7. The lowest BCUT2D eigenvalue weighted by molar-refractivity contribution is 0.366. The van der Waals surface area contributed by atoms with E-state index >= 15 is 0 Å². The third-order valence-electron chi connectivity index (χ3n) is 4.86. The molecule has 0 amide bonds. The number of halogens is 1. The van der Waals surface area contributed by atoms with E-state index in [0.29, 0.717) is 31.8 Å². The van der Waals surface area contributed by atoms with Gasteiger partial charge < -0.3 is 20.2 Å².